The number of aromatic nitrogens is 4. The number of piperidine rings is 1. The summed E-state index contributed by atoms with van der Waals surface area (Å²) in [6.07, 6.45) is 8.56. The first-order chi connectivity index (χ1) is 11.6. The van der Waals surface area contributed by atoms with Crippen LogP contribution in [0.4, 0.5) is 5.69 Å². The number of nitrogens with zero attached hydrogens (tertiary/aromatic N) is 5. The second kappa shape index (κ2) is 7.38. The zero-order valence-electron chi connectivity index (χ0n) is 15.4. The van der Waals surface area contributed by atoms with E-state index in [-0.39, 0.29) is 0 Å². The molecule has 6 nitrogen and oxygen atoms in total. The molecule has 0 radical (unpaired) electrons. The van der Waals surface area contributed by atoms with Crippen LogP contribution in [0.1, 0.15) is 43.6 Å². The molecule has 2 aromatic heterocycles. The molecule has 1 aliphatic heterocycles. The fraction of sp³-hybridized carbons (Fsp3) is 0.667. The van der Waals surface area contributed by atoms with Crippen LogP contribution in [0, 0.1) is 0 Å². The van der Waals surface area contributed by atoms with Crippen molar-refractivity contribution in [2.45, 2.75) is 52.1 Å². The second-order valence-electron chi connectivity index (χ2n) is 6.74. The van der Waals surface area contributed by atoms with Crippen molar-refractivity contribution in [1.82, 2.24) is 24.9 Å². The van der Waals surface area contributed by atoms with Crippen LogP contribution in [0.15, 0.2) is 12.4 Å². The average Bonchev–Trinajstić information content (AvgIpc) is 3.16. The van der Waals surface area contributed by atoms with E-state index in [2.05, 4.69) is 52.2 Å². The minimum atomic E-state index is 0.522. The van der Waals surface area contributed by atoms with Gasteiger partial charge in [-0.2, -0.15) is 10.2 Å². The maximum atomic E-state index is 4.68. The van der Waals surface area contributed by atoms with Crippen molar-refractivity contribution in [1.29, 1.82) is 0 Å². The first kappa shape index (κ1) is 17.0. The van der Waals surface area contributed by atoms with Gasteiger partial charge in [-0.05, 0) is 25.7 Å². The Kier molecular flexibility index (Phi) is 5.23. The number of aryl methyl sites for hydroxylation is 3. The highest BCUT2D eigenvalue weighted by molar-refractivity contribution is 5.43. The van der Waals surface area contributed by atoms with E-state index in [0.29, 0.717) is 6.04 Å². The van der Waals surface area contributed by atoms with Gasteiger partial charge >= 0.3 is 0 Å². The molecule has 0 amide bonds. The van der Waals surface area contributed by atoms with Gasteiger partial charge in [0, 0.05) is 57.2 Å². The van der Waals surface area contributed by atoms with E-state index in [1.165, 1.54) is 35.5 Å². The first-order valence-corrected chi connectivity index (χ1v) is 9.13. The van der Waals surface area contributed by atoms with Gasteiger partial charge in [-0.25, -0.2) is 0 Å². The summed E-state index contributed by atoms with van der Waals surface area (Å²) in [5.74, 6) is 0. The molecule has 1 fully saturated rings. The van der Waals surface area contributed by atoms with Gasteiger partial charge in [0.25, 0.3) is 0 Å². The summed E-state index contributed by atoms with van der Waals surface area (Å²) in [4.78, 5) is 2.44. The summed E-state index contributed by atoms with van der Waals surface area (Å²) >= 11 is 0. The summed E-state index contributed by atoms with van der Waals surface area (Å²) in [6.45, 7) is 7.50. The van der Waals surface area contributed by atoms with E-state index in [9.17, 15) is 0 Å². The Morgan fingerprint density at radius 1 is 1.25 bits per heavy atom. The van der Waals surface area contributed by atoms with Crippen molar-refractivity contribution in [2.24, 2.45) is 14.1 Å². The van der Waals surface area contributed by atoms with E-state index in [4.69, 9.17) is 0 Å². The minimum Gasteiger partial charge on any atom is -0.367 e. The summed E-state index contributed by atoms with van der Waals surface area (Å²) < 4.78 is 3.93. The molecule has 0 saturated carbocycles. The molecule has 3 heterocycles. The largest absolute Gasteiger partial charge is 0.367 e. The first-order valence-electron chi connectivity index (χ1n) is 9.13. The molecule has 0 aromatic carbocycles. The molecular formula is C18H30N6. The fourth-order valence-corrected chi connectivity index (χ4v) is 3.79. The Labute approximate surface area is 144 Å². The predicted molar refractivity (Wildman–Crippen MR) is 97.2 cm³/mol. The minimum absolute atomic E-state index is 0.522. The highest BCUT2D eigenvalue weighted by Crippen LogP contribution is 2.20. The molecule has 1 unspecified atom stereocenters. The lowest BCUT2D eigenvalue weighted by atomic mass is 10.0. The molecule has 3 rings (SSSR count). The molecular weight excluding hydrogens is 300 g/mol. The molecule has 1 saturated heterocycles. The van der Waals surface area contributed by atoms with Crippen LogP contribution in [-0.4, -0.2) is 38.7 Å². The van der Waals surface area contributed by atoms with Gasteiger partial charge in [0.15, 0.2) is 0 Å². The number of anilines is 1. The SMILES string of the molecule is CCc1nn(C)c(CC)c1CNC1CCCN(c2cnn(C)c2)C1. The lowest BCUT2D eigenvalue weighted by Gasteiger charge is -2.34. The Hall–Kier alpha value is -1.82. The lowest BCUT2D eigenvalue weighted by molar-refractivity contribution is 0.420. The predicted octanol–water partition coefficient (Wildman–Crippen LogP) is 2.04. The van der Waals surface area contributed by atoms with Crippen LogP contribution in [0.2, 0.25) is 0 Å². The van der Waals surface area contributed by atoms with Crippen LogP contribution in [0.25, 0.3) is 0 Å². The van der Waals surface area contributed by atoms with Crippen LogP contribution >= 0.6 is 0 Å². The standard InChI is InChI=1S/C18H30N6/c1-5-17-16(18(6-2)23(4)21-17)11-19-14-8-7-9-24(12-14)15-10-20-22(3)13-15/h10,13-14,19H,5-9,11-12H2,1-4H3. The molecule has 0 spiro atoms. The van der Waals surface area contributed by atoms with E-state index in [1.807, 2.05) is 17.9 Å². The average molecular weight is 330 g/mol. The van der Waals surface area contributed by atoms with Gasteiger partial charge in [0.2, 0.25) is 0 Å². The van der Waals surface area contributed by atoms with Gasteiger partial charge < -0.3 is 10.2 Å². The quantitative estimate of drug-likeness (QED) is 0.881. The van der Waals surface area contributed by atoms with Crippen molar-refractivity contribution >= 4 is 5.69 Å². The van der Waals surface area contributed by atoms with Crippen molar-refractivity contribution < 1.29 is 0 Å². The summed E-state index contributed by atoms with van der Waals surface area (Å²) in [5.41, 5.74) is 5.23. The van der Waals surface area contributed by atoms with Crippen molar-refractivity contribution in [2.75, 3.05) is 18.0 Å². The number of nitrogens with one attached hydrogen (secondary N) is 1. The Morgan fingerprint density at radius 3 is 2.75 bits per heavy atom. The van der Waals surface area contributed by atoms with Crippen LogP contribution in [0.5, 0.6) is 0 Å². The van der Waals surface area contributed by atoms with Gasteiger partial charge in [0.1, 0.15) is 0 Å². The van der Waals surface area contributed by atoms with Crippen molar-refractivity contribution in [3.63, 3.8) is 0 Å². The molecule has 0 aliphatic carbocycles. The normalized spacial score (nSPS) is 18.3. The molecule has 132 valence electrons. The zero-order valence-corrected chi connectivity index (χ0v) is 15.4. The molecule has 1 aliphatic rings. The van der Waals surface area contributed by atoms with Gasteiger partial charge in [-0.15, -0.1) is 0 Å². The molecule has 1 N–H and O–H groups in total. The number of hydrogen-bond acceptors (Lipinski definition) is 4. The van der Waals surface area contributed by atoms with E-state index >= 15 is 0 Å². The summed E-state index contributed by atoms with van der Waals surface area (Å²) in [5, 5.41) is 12.8. The van der Waals surface area contributed by atoms with E-state index in [1.54, 1.807) is 0 Å². The van der Waals surface area contributed by atoms with Gasteiger partial charge in [0.05, 0.1) is 17.6 Å². The molecule has 6 heteroatoms. The topological polar surface area (TPSA) is 50.9 Å². The summed E-state index contributed by atoms with van der Waals surface area (Å²) in [6, 6.07) is 0.522. The smallest absolute Gasteiger partial charge is 0.0752 e. The maximum Gasteiger partial charge on any atom is 0.0752 e. The van der Waals surface area contributed by atoms with Gasteiger partial charge in [-0.3, -0.25) is 9.36 Å². The molecule has 24 heavy (non-hydrogen) atoms. The van der Waals surface area contributed by atoms with E-state index < -0.39 is 0 Å². The third-order valence-electron chi connectivity index (χ3n) is 5.07. The second-order valence-corrected chi connectivity index (χ2v) is 6.74. The molecule has 2 aromatic rings. The lowest BCUT2D eigenvalue weighted by Crippen LogP contribution is -2.45. The fourth-order valence-electron chi connectivity index (χ4n) is 3.79. The Morgan fingerprint density at radius 2 is 2.08 bits per heavy atom. The zero-order chi connectivity index (χ0) is 17.1. The maximum absolute atomic E-state index is 4.68. The number of hydrogen-bond donors (Lipinski definition) is 1. The number of rotatable bonds is 6. The van der Waals surface area contributed by atoms with E-state index in [0.717, 1.165) is 32.5 Å². The van der Waals surface area contributed by atoms with Crippen LogP contribution in [-0.2, 0) is 33.5 Å². The Bertz CT molecular complexity index is 671. The molecule has 0 bridgehead atoms. The van der Waals surface area contributed by atoms with Crippen molar-refractivity contribution in [3.8, 4) is 0 Å². The summed E-state index contributed by atoms with van der Waals surface area (Å²) in [7, 11) is 4.04. The van der Waals surface area contributed by atoms with Crippen LogP contribution in [0.3, 0.4) is 0 Å². The highest BCUT2D eigenvalue weighted by Gasteiger charge is 2.22. The Balaban J connectivity index is 1.64. The van der Waals surface area contributed by atoms with Gasteiger partial charge in [-0.1, -0.05) is 13.8 Å². The van der Waals surface area contributed by atoms with Crippen molar-refractivity contribution in [3.05, 3.63) is 29.3 Å². The highest BCUT2D eigenvalue weighted by atomic mass is 15.3. The third-order valence-corrected chi connectivity index (χ3v) is 5.07. The third kappa shape index (κ3) is 3.48. The monoisotopic (exact) mass is 330 g/mol. The van der Waals surface area contributed by atoms with Crippen LogP contribution < -0.4 is 10.2 Å². The molecule has 1 atom stereocenters.